The standard InChI is InChI=1S/C20H28FN3O3.ClH/c1-27-20(9-11-22-12-10-20)19(26)23-15-7-8-16(21)17(13-15)24-18(25)14-5-3-2-4-6-14;/h7-8,13-14,22H,2-6,9-12H2,1H3,(H,23,26)(H,24,25);1H. The first-order valence-electron chi connectivity index (χ1n) is 9.72. The molecule has 1 saturated heterocycles. The zero-order chi connectivity index (χ0) is 19.3. The van der Waals surface area contributed by atoms with E-state index in [1.165, 1.54) is 25.3 Å². The van der Waals surface area contributed by atoms with Gasteiger partial charge in [0.2, 0.25) is 5.91 Å². The lowest BCUT2D eigenvalue weighted by molar-refractivity contribution is -0.140. The van der Waals surface area contributed by atoms with Crippen LogP contribution in [0.2, 0.25) is 0 Å². The second-order valence-corrected chi connectivity index (χ2v) is 7.42. The number of benzene rings is 1. The van der Waals surface area contributed by atoms with Crippen LogP contribution in [0.1, 0.15) is 44.9 Å². The van der Waals surface area contributed by atoms with Crippen molar-refractivity contribution in [1.82, 2.24) is 5.32 Å². The molecule has 1 heterocycles. The summed E-state index contributed by atoms with van der Waals surface area (Å²) >= 11 is 0. The molecular formula is C20H29ClFN3O3. The molecule has 1 aliphatic carbocycles. The van der Waals surface area contributed by atoms with E-state index in [9.17, 15) is 14.0 Å². The summed E-state index contributed by atoms with van der Waals surface area (Å²) in [6.07, 6.45) is 6.04. The molecule has 1 saturated carbocycles. The van der Waals surface area contributed by atoms with E-state index >= 15 is 0 Å². The van der Waals surface area contributed by atoms with Crippen molar-refractivity contribution in [3.8, 4) is 0 Å². The van der Waals surface area contributed by atoms with Gasteiger partial charge in [-0.1, -0.05) is 19.3 Å². The Morgan fingerprint density at radius 1 is 1.14 bits per heavy atom. The Bertz CT molecular complexity index is 689. The van der Waals surface area contributed by atoms with E-state index in [0.29, 0.717) is 31.6 Å². The van der Waals surface area contributed by atoms with Gasteiger partial charge >= 0.3 is 0 Å². The highest BCUT2D eigenvalue weighted by atomic mass is 35.5. The molecule has 0 radical (unpaired) electrons. The van der Waals surface area contributed by atoms with E-state index in [0.717, 1.165) is 32.1 Å². The first-order valence-corrected chi connectivity index (χ1v) is 9.72. The molecule has 0 bridgehead atoms. The average molecular weight is 414 g/mol. The van der Waals surface area contributed by atoms with Gasteiger partial charge in [-0.15, -0.1) is 12.4 Å². The molecule has 0 atom stereocenters. The molecule has 3 rings (SSSR count). The minimum absolute atomic E-state index is 0. The van der Waals surface area contributed by atoms with Crippen molar-refractivity contribution in [3.05, 3.63) is 24.0 Å². The predicted octanol–water partition coefficient (Wildman–Crippen LogP) is 3.47. The van der Waals surface area contributed by atoms with Crippen LogP contribution in [-0.4, -0.2) is 37.6 Å². The van der Waals surface area contributed by atoms with Gasteiger partial charge < -0.3 is 20.7 Å². The van der Waals surface area contributed by atoms with Crippen LogP contribution in [0, 0.1) is 11.7 Å². The van der Waals surface area contributed by atoms with Crippen molar-refractivity contribution in [3.63, 3.8) is 0 Å². The van der Waals surface area contributed by atoms with Crippen LogP contribution >= 0.6 is 12.4 Å². The van der Waals surface area contributed by atoms with Gasteiger partial charge in [-0.25, -0.2) is 4.39 Å². The van der Waals surface area contributed by atoms with Gasteiger partial charge in [-0.05, 0) is 57.0 Å². The maximum atomic E-state index is 14.2. The van der Waals surface area contributed by atoms with E-state index in [2.05, 4.69) is 16.0 Å². The second kappa shape index (κ2) is 10.2. The Balaban J connectivity index is 0.00000280. The topological polar surface area (TPSA) is 79.5 Å². The number of carbonyl (C=O) groups excluding carboxylic acids is 2. The van der Waals surface area contributed by atoms with E-state index in [4.69, 9.17) is 4.74 Å². The van der Waals surface area contributed by atoms with Crippen LogP contribution < -0.4 is 16.0 Å². The molecule has 0 unspecified atom stereocenters. The fraction of sp³-hybridized carbons (Fsp3) is 0.600. The number of carbonyl (C=O) groups is 2. The lowest BCUT2D eigenvalue weighted by atomic mass is 9.88. The van der Waals surface area contributed by atoms with Gasteiger partial charge in [0, 0.05) is 18.7 Å². The molecule has 156 valence electrons. The van der Waals surface area contributed by atoms with Crippen molar-refractivity contribution < 1.29 is 18.7 Å². The third-order valence-electron chi connectivity index (χ3n) is 5.67. The number of halogens is 2. The van der Waals surface area contributed by atoms with Crippen molar-refractivity contribution in [2.45, 2.75) is 50.5 Å². The largest absolute Gasteiger partial charge is 0.368 e. The zero-order valence-electron chi connectivity index (χ0n) is 16.2. The van der Waals surface area contributed by atoms with Gasteiger partial charge in [0.1, 0.15) is 11.4 Å². The second-order valence-electron chi connectivity index (χ2n) is 7.42. The van der Waals surface area contributed by atoms with Gasteiger partial charge in [0.05, 0.1) is 5.69 Å². The Morgan fingerprint density at radius 2 is 1.82 bits per heavy atom. The summed E-state index contributed by atoms with van der Waals surface area (Å²) in [5, 5.41) is 8.71. The van der Waals surface area contributed by atoms with Crippen molar-refractivity contribution in [2.24, 2.45) is 5.92 Å². The molecule has 28 heavy (non-hydrogen) atoms. The number of amides is 2. The lowest BCUT2D eigenvalue weighted by Crippen LogP contribution is -2.51. The van der Waals surface area contributed by atoms with Crippen LogP contribution in [0.25, 0.3) is 0 Å². The molecule has 0 spiro atoms. The van der Waals surface area contributed by atoms with Gasteiger partial charge in [-0.3, -0.25) is 9.59 Å². The molecule has 1 aliphatic heterocycles. The normalized spacial score (nSPS) is 19.4. The molecule has 2 amide bonds. The first kappa shape index (κ1) is 22.6. The van der Waals surface area contributed by atoms with Gasteiger partial charge in [0.15, 0.2) is 0 Å². The van der Waals surface area contributed by atoms with Crippen molar-refractivity contribution >= 4 is 35.6 Å². The van der Waals surface area contributed by atoms with Crippen LogP contribution in [0.3, 0.4) is 0 Å². The van der Waals surface area contributed by atoms with Crippen molar-refractivity contribution in [1.29, 1.82) is 0 Å². The highest BCUT2D eigenvalue weighted by Gasteiger charge is 2.39. The molecule has 1 aromatic rings. The number of methoxy groups -OCH3 is 1. The number of hydrogen-bond acceptors (Lipinski definition) is 4. The number of ether oxygens (including phenoxy) is 1. The predicted molar refractivity (Wildman–Crippen MR) is 109 cm³/mol. The summed E-state index contributed by atoms with van der Waals surface area (Å²) in [6.45, 7) is 1.40. The molecule has 2 fully saturated rings. The van der Waals surface area contributed by atoms with E-state index < -0.39 is 11.4 Å². The van der Waals surface area contributed by atoms with E-state index in [1.807, 2.05) is 0 Å². The molecular weight excluding hydrogens is 385 g/mol. The monoisotopic (exact) mass is 413 g/mol. The summed E-state index contributed by atoms with van der Waals surface area (Å²) in [4.78, 5) is 25.1. The van der Waals surface area contributed by atoms with Crippen molar-refractivity contribution in [2.75, 3.05) is 30.8 Å². The minimum Gasteiger partial charge on any atom is -0.368 e. The summed E-state index contributed by atoms with van der Waals surface area (Å²) in [5.41, 5.74) is -0.346. The minimum atomic E-state index is -0.884. The van der Waals surface area contributed by atoms with Crippen LogP contribution in [0.4, 0.5) is 15.8 Å². The molecule has 6 nitrogen and oxygen atoms in total. The lowest BCUT2D eigenvalue weighted by Gasteiger charge is -2.34. The first-order chi connectivity index (χ1) is 13.0. The smallest absolute Gasteiger partial charge is 0.256 e. The third-order valence-corrected chi connectivity index (χ3v) is 5.67. The van der Waals surface area contributed by atoms with Gasteiger partial charge in [0.25, 0.3) is 5.91 Å². The number of anilines is 2. The molecule has 1 aromatic carbocycles. The van der Waals surface area contributed by atoms with E-state index in [-0.39, 0.29) is 35.8 Å². The molecule has 2 aliphatic rings. The Kier molecular flexibility index (Phi) is 8.22. The van der Waals surface area contributed by atoms with E-state index in [1.54, 1.807) is 0 Å². The molecule has 0 aromatic heterocycles. The summed E-state index contributed by atoms with van der Waals surface area (Å²) in [7, 11) is 1.53. The number of piperidine rings is 1. The van der Waals surface area contributed by atoms with Crippen LogP contribution in [0.15, 0.2) is 18.2 Å². The third kappa shape index (κ3) is 5.21. The average Bonchev–Trinajstić information content (AvgIpc) is 2.71. The number of hydrogen-bond donors (Lipinski definition) is 3. The summed E-state index contributed by atoms with van der Waals surface area (Å²) in [6, 6.07) is 4.22. The Labute approximate surface area is 171 Å². The maximum Gasteiger partial charge on any atom is 0.256 e. The molecule has 3 N–H and O–H groups in total. The van der Waals surface area contributed by atoms with Crippen LogP contribution in [0.5, 0.6) is 0 Å². The highest BCUT2D eigenvalue weighted by molar-refractivity contribution is 5.99. The maximum absolute atomic E-state index is 14.2. The Hall–Kier alpha value is -1.70. The van der Waals surface area contributed by atoms with Crippen LogP contribution in [-0.2, 0) is 14.3 Å². The van der Waals surface area contributed by atoms with Gasteiger partial charge in [-0.2, -0.15) is 0 Å². The summed E-state index contributed by atoms with van der Waals surface area (Å²) < 4.78 is 19.7. The fourth-order valence-corrected chi connectivity index (χ4v) is 3.90. The highest BCUT2D eigenvalue weighted by Crippen LogP contribution is 2.28. The molecule has 8 heteroatoms. The SMILES string of the molecule is COC1(C(=O)Nc2ccc(F)c(NC(=O)C3CCCCC3)c2)CCNCC1.Cl. The quantitative estimate of drug-likeness (QED) is 0.690. The fourth-order valence-electron chi connectivity index (χ4n) is 3.90. The summed E-state index contributed by atoms with van der Waals surface area (Å²) in [5.74, 6) is -0.977. The number of rotatable bonds is 5. The zero-order valence-corrected chi connectivity index (χ0v) is 17.0. The Morgan fingerprint density at radius 3 is 2.46 bits per heavy atom. The number of nitrogens with one attached hydrogen (secondary N) is 3.